The number of hydrogen-bond donors (Lipinski definition) is 1. The highest BCUT2D eigenvalue weighted by molar-refractivity contribution is 5.80. The van der Waals surface area contributed by atoms with Gasteiger partial charge in [-0.3, -0.25) is 9.59 Å². The first-order chi connectivity index (χ1) is 8.65. The second kappa shape index (κ2) is 7.87. The molecule has 102 valence electrons. The summed E-state index contributed by atoms with van der Waals surface area (Å²) in [6, 6.07) is 0. The van der Waals surface area contributed by atoms with Gasteiger partial charge < -0.3 is 14.8 Å². The fourth-order valence-corrected chi connectivity index (χ4v) is 1.31. The largest absolute Gasteiger partial charge is 0.464 e. The van der Waals surface area contributed by atoms with Crippen molar-refractivity contribution in [3.63, 3.8) is 0 Å². The Hall–Kier alpha value is -1.36. The SMILES string of the molecule is C=CCCO[C@@H](C)C(=O)NCCOC(=O)C1CC1. The van der Waals surface area contributed by atoms with Crippen LogP contribution in [0.1, 0.15) is 26.2 Å². The third-order valence-corrected chi connectivity index (χ3v) is 2.62. The molecular weight excluding hydrogens is 234 g/mol. The van der Waals surface area contributed by atoms with Gasteiger partial charge in [0, 0.05) is 0 Å². The minimum atomic E-state index is -0.496. The van der Waals surface area contributed by atoms with E-state index < -0.39 is 6.10 Å². The van der Waals surface area contributed by atoms with Gasteiger partial charge >= 0.3 is 5.97 Å². The zero-order valence-electron chi connectivity index (χ0n) is 10.8. The molecule has 1 aliphatic carbocycles. The third-order valence-electron chi connectivity index (χ3n) is 2.62. The molecule has 1 atom stereocenters. The second-order valence-corrected chi connectivity index (χ2v) is 4.32. The first kappa shape index (κ1) is 14.7. The quantitative estimate of drug-likeness (QED) is 0.380. The average Bonchev–Trinajstić information content (AvgIpc) is 3.18. The van der Waals surface area contributed by atoms with Crippen molar-refractivity contribution in [1.29, 1.82) is 0 Å². The Bertz CT molecular complexity index is 299. The molecule has 0 saturated heterocycles. The van der Waals surface area contributed by atoms with E-state index in [2.05, 4.69) is 11.9 Å². The van der Waals surface area contributed by atoms with Gasteiger partial charge in [-0.1, -0.05) is 6.08 Å². The minimum Gasteiger partial charge on any atom is -0.464 e. The van der Waals surface area contributed by atoms with Gasteiger partial charge in [0.1, 0.15) is 12.7 Å². The number of nitrogens with one attached hydrogen (secondary N) is 1. The number of hydrogen-bond acceptors (Lipinski definition) is 4. The van der Waals surface area contributed by atoms with Crippen LogP contribution in [0.15, 0.2) is 12.7 Å². The Morgan fingerprint density at radius 3 is 2.78 bits per heavy atom. The van der Waals surface area contributed by atoms with Crippen molar-refractivity contribution in [2.24, 2.45) is 5.92 Å². The van der Waals surface area contributed by atoms with E-state index >= 15 is 0 Å². The predicted octanol–water partition coefficient (Wildman–Crippen LogP) is 1.04. The fourth-order valence-electron chi connectivity index (χ4n) is 1.31. The zero-order valence-corrected chi connectivity index (χ0v) is 10.8. The van der Waals surface area contributed by atoms with Crippen molar-refractivity contribution in [2.75, 3.05) is 19.8 Å². The van der Waals surface area contributed by atoms with E-state index in [0.29, 0.717) is 13.2 Å². The van der Waals surface area contributed by atoms with Gasteiger partial charge in [-0.25, -0.2) is 0 Å². The minimum absolute atomic E-state index is 0.0989. The fraction of sp³-hybridized carbons (Fsp3) is 0.692. The van der Waals surface area contributed by atoms with Crippen molar-refractivity contribution in [3.05, 3.63) is 12.7 Å². The van der Waals surface area contributed by atoms with Gasteiger partial charge in [0.05, 0.1) is 19.1 Å². The normalized spacial score (nSPS) is 15.8. The maximum Gasteiger partial charge on any atom is 0.308 e. The van der Waals surface area contributed by atoms with E-state index in [-0.39, 0.29) is 24.4 Å². The van der Waals surface area contributed by atoms with E-state index in [1.54, 1.807) is 13.0 Å². The standard InChI is InChI=1S/C13H21NO4/c1-3-4-8-17-10(2)12(15)14-7-9-18-13(16)11-5-6-11/h3,10-11H,1,4-9H2,2H3,(H,14,15)/t10-/m0/s1. The molecule has 1 N–H and O–H groups in total. The van der Waals surface area contributed by atoms with Gasteiger partial charge in [0.25, 0.3) is 0 Å². The van der Waals surface area contributed by atoms with Crippen molar-refractivity contribution in [1.82, 2.24) is 5.32 Å². The van der Waals surface area contributed by atoms with Crippen LogP contribution in [-0.2, 0) is 19.1 Å². The number of carbonyl (C=O) groups is 2. The molecule has 5 heteroatoms. The van der Waals surface area contributed by atoms with Gasteiger partial charge in [-0.2, -0.15) is 0 Å². The van der Waals surface area contributed by atoms with Crippen LogP contribution < -0.4 is 5.32 Å². The summed E-state index contributed by atoms with van der Waals surface area (Å²) < 4.78 is 10.3. The Morgan fingerprint density at radius 2 is 2.17 bits per heavy atom. The second-order valence-electron chi connectivity index (χ2n) is 4.32. The van der Waals surface area contributed by atoms with E-state index in [9.17, 15) is 9.59 Å². The average molecular weight is 255 g/mol. The molecule has 0 aliphatic heterocycles. The van der Waals surface area contributed by atoms with Gasteiger partial charge in [-0.15, -0.1) is 6.58 Å². The summed E-state index contributed by atoms with van der Waals surface area (Å²) in [7, 11) is 0. The van der Waals surface area contributed by atoms with Crippen LogP contribution in [0.2, 0.25) is 0 Å². The smallest absolute Gasteiger partial charge is 0.308 e. The molecule has 1 aliphatic rings. The Balaban J connectivity index is 2.00. The summed E-state index contributed by atoms with van der Waals surface area (Å²) in [5.74, 6) is -0.247. The third kappa shape index (κ3) is 5.82. The first-order valence-corrected chi connectivity index (χ1v) is 6.32. The number of carbonyl (C=O) groups excluding carboxylic acids is 2. The van der Waals surface area contributed by atoms with Crippen LogP contribution >= 0.6 is 0 Å². The van der Waals surface area contributed by atoms with Gasteiger partial charge in [0.15, 0.2) is 0 Å². The molecule has 1 fully saturated rings. The number of ether oxygens (including phenoxy) is 2. The lowest BCUT2D eigenvalue weighted by Crippen LogP contribution is -2.36. The summed E-state index contributed by atoms with van der Waals surface area (Å²) in [4.78, 5) is 22.7. The highest BCUT2D eigenvalue weighted by Crippen LogP contribution is 2.29. The summed E-state index contributed by atoms with van der Waals surface area (Å²) in [5.41, 5.74) is 0. The molecule has 0 aromatic carbocycles. The molecule has 0 unspecified atom stereocenters. The lowest BCUT2D eigenvalue weighted by atomic mass is 10.3. The van der Waals surface area contributed by atoms with Crippen LogP contribution in [0, 0.1) is 5.92 Å². The lowest BCUT2D eigenvalue weighted by Gasteiger charge is -2.12. The van der Waals surface area contributed by atoms with E-state index in [1.165, 1.54) is 0 Å². The first-order valence-electron chi connectivity index (χ1n) is 6.32. The summed E-state index contributed by atoms with van der Waals surface area (Å²) >= 11 is 0. The number of esters is 1. The number of amides is 1. The lowest BCUT2D eigenvalue weighted by molar-refractivity contribution is -0.145. The summed E-state index contributed by atoms with van der Waals surface area (Å²) in [5, 5.41) is 2.66. The van der Waals surface area contributed by atoms with Crippen molar-refractivity contribution in [3.8, 4) is 0 Å². The topological polar surface area (TPSA) is 64.6 Å². The zero-order chi connectivity index (χ0) is 13.4. The maximum atomic E-state index is 11.5. The molecule has 5 nitrogen and oxygen atoms in total. The highest BCUT2D eigenvalue weighted by atomic mass is 16.5. The van der Waals surface area contributed by atoms with E-state index in [4.69, 9.17) is 9.47 Å². The molecule has 1 rings (SSSR count). The predicted molar refractivity (Wildman–Crippen MR) is 66.9 cm³/mol. The van der Waals surface area contributed by atoms with Crippen LogP contribution in [0.4, 0.5) is 0 Å². The van der Waals surface area contributed by atoms with Crippen LogP contribution in [-0.4, -0.2) is 37.7 Å². The Kier molecular flexibility index (Phi) is 6.43. The molecule has 1 saturated carbocycles. The monoisotopic (exact) mass is 255 g/mol. The van der Waals surface area contributed by atoms with Gasteiger partial charge in [0.2, 0.25) is 5.91 Å². The molecule has 1 amide bonds. The molecule has 0 aromatic rings. The molecule has 0 bridgehead atoms. The van der Waals surface area contributed by atoms with E-state index in [0.717, 1.165) is 19.3 Å². The molecule has 0 radical (unpaired) electrons. The summed E-state index contributed by atoms with van der Waals surface area (Å²) in [6.07, 6.45) is 3.82. The van der Waals surface area contributed by atoms with Crippen LogP contribution in [0.3, 0.4) is 0 Å². The Morgan fingerprint density at radius 1 is 1.44 bits per heavy atom. The van der Waals surface area contributed by atoms with E-state index in [1.807, 2.05) is 0 Å². The van der Waals surface area contributed by atoms with Gasteiger partial charge in [-0.05, 0) is 26.2 Å². The van der Waals surface area contributed by atoms with Crippen LogP contribution in [0.25, 0.3) is 0 Å². The molecule has 0 aromatic heterocycles. The Labute approximate surface area is 108 Å². The maximum absolute atomic E-state index is 11.5. The summed E-state index contributed by atoms with van der Waals surface area (Å²) in [6.45, 7) is 6.29. The highest BCUT2D eigenvalue weighted by Gasteiger charge is 2.31. The van der Waals surface area contributed by atoms with Crippen molar-refractivity contribution < 1.29 is 19.1 Å². The molecular formula is C13H21NO4. The van der Waals surface area contributed by atoms with Crippen molar-refractivity contribution in [2.45, 2.75) is 32.3 Å². The van der Waals surface area contributed by atoms with Crippen molar-refractivity contribution >= 4 is 11.9 Å². The number of rotatable bonds is 9. The molecule has 0 spiro atoms. The van der Waals surface area contributed by atoms with Crippen LogP contribution in [0.5, 0.6) is 0 Å². The molecule has 18 heavy (non-hydrogen) atoms. The molecule has 0 heterocycles.